The van der Waals surface area contributed by atoms with Crippen LogP contribution in [0.5, 0.6) is 0 Å². The summed E-state index contributed by atoms with van der Waals surface area (Å²) in [4.78, 5) is 0. The van der Waals surface area contributed by atoms with Crippen LogP contribution in [-0.2, 0) is 4.74 Å². The van der Waals surface area contributed by atoms with E-state index in [4.69, 9.17) is 22.1 Å². The second kappa shape index (κ2) is 5.38. The van der Waals surface area contributed by atoms with Crippen LogP contribution in [0, 0.1) is 0 Å². The number of nitrogen functional groups attached to an aromatic ring is 1. The van der Waals surface area contributed by atoms with E-state index in [1.165, 1.54) is 0 Å². The summed E-state index contributed by atoms with van der Waals surface area (Å²) in [5.41, 5.74) is 7.14. The van der Waals surface area contributed by atoms with Gasteiger partial charge >= 0.3 is 0 Å². The van der Waals surface area contributed by atoms with Crippen molar-refractivity contribution in [3.05, 3.63) is 23.2 Å². The van der Waals surface area contributed by atoms with Crippen molar-refractivity contribution >= 4 is 17.3 Å². The molecule has 7 heteroatoms. The molecule has 2 aromatic rings. The van der Waals surface area contributed by atoms with Gasteiger partial charge < -0.3 is 10.5 Å². The van der Waals surface area contributed by atoms with Crippen LogP contribution in [0.2, 0.25) is 5.02 Å². The second-order valence-electron chi connectivity index (χ2n) is 5.05. The Labute approximate surface area is 121 Å². The monoisotopic (exact) mass is 293 g/mol. The van der Waals surface area contributed by atoms with Crippen molar-refractivity contribution in [3.8, 4) is 11.4 Å². The van der Waals surface area contributed by atoms with Crippen LogP contribution in [0.25, 0.3) is 11.4 Å². The highest BCUT2D eigenvalue weighted by molar-refractivity contribution is 6.33. The molecule has 0 aliphatic carbocycles. The molecule has 1 aromatic heterocycles. The zero-order valence-electron chi connectivity index (χ0n) is 11.2. The highest BCUT2D eigenvalue weighted by Crippen LogP contribution is 2.32. The number of nitrogens with zero attached hydrogens (tertiary/aromatic N) is 4. The van der Waals surface area contributed by atoms with Gasteiger partial charge in [-0.15, -0.1) is 5.10 Å². The molecule has 2 atom stereocenters. The highest BCUT2D eigenvalue weighted by Gasteiger charge is 2.25. The van der Waals surface area contributed by atoms with Crippen LogP contribution >= 0.6 is 11.6 Å². The van der Waals surface area contributed by atoms with E-state index in [-0.39, 0.29) is 12.1 Å². The number of aromatic nitrogens is 4. The Morgan fingerprint density at radius 3 is 3.05 bits per heavy atom. The van der Waals surface area contributed by atoms with E-state index in [9.17, 15) is 0 Å². The molecule has 0 bridgehead atoms. The van der Waals surface area contributed by atoms with Gasteiger partial charge in [0.2, 0.25) is 0 Å². The first kappa shape index (κ1) is 13.3. The molecule has 1 aliphatic rings. The van der Waals surface area contributed by atoms with Gasteiger partial charge in [-0.25, -0.2) is 4.68 Å². The lowest BCUT2D eigenvalue weighted by Crippen LogP contribution is -2.26. The summed E-state index contributed by atoms with van der Waals surface area (Å²) in [5, 5.41) is 12.6. The Bertz CT molecular complexity index is 615. The largest absolute Gasteiger partial charge is 0.399 e. The lowest BCUT2D eigenvalue weighted by molar-refractivity contribution is 0.00350. The molecule has 1 aliphatic heterocycles. The van der Waals surface area contributed by atoms with E-state index in [2.05, 4.69) is 22.4 Å². The Kier molecular flexibility index (Phi) is 3.58. The number of ether oxygens (including phenoxy) is 1. The summed E-state index contributed by atoms with van der Waals surface area (Å²) in [6, 6.07) is 5.59. The minimum atomic E-state index is 0.215. The predicted molar refractivity (Wildman–Crippen MR) is 76.4 cm³/mol. The van der Waals surface area contributed by atoms with Crippen LogP contribution in [0.1, 0.15) is 25.8 Å². The molecule has 1 fully saturated rings. The Morgan fingerprint density at radius 2 is 2.30 bits per heavy atom. The number of benzene rings is 1. The first-order valence-electron chi connectivity index (χ1n) is 6.60. The third kappa shape index (κ3) is 2.48. The van der Waals surface area contributed by atoms with Crippen molar-refractivity contribution in [2.75, 3.05) is 12.3 Å². The highest BCUT2D eigenvalue weighted by atomic mass is 35.5. The Morgan fingerprint density at radius 1 is 1.45 bits per heavy atom. The van der Waals surface area contributed by atoms with Gasteiger partial charge in [0.25, 0.3) is 0 Å². The normalized spacial score (nSPS) is 22.9. The van der Waals surface area contributed by atoms with Gasteiger partial charge in [0, 0.05) is 17.9 Å². The summed E-state index contributed by atoms with van der Waals surface area (Å²) in [5.74, 6) is 0.675. The zero-order valence-corrected chi connectivity index (χ0v) is 11.9. The number of halogens is 1. The molecule has 1 aromatic carbocycles. The standard InChI is InChI=1S/C13H16ClN5O/c1-8-6-10(4-5-20-8)19-13(16-17-18-19)11-3-2-9(15)7-12(11)14/h2-3,7-8,10H,4-6,15H2,1H3. The molecule has 20 heavy (non-hydrogen) atoms. The van der Waals surface area contributed by atoms with Gasteiger partial charge in [-0.05, 0) is 48.4 Å². The van der Waals surface area contributed by atoms with Crippen LogP contribution in [0.15, 0.2) is 18.2 Å². The molecule has 2 unspecified atom stereocenters. The lowest BCUT2D eigenvalue weighted by Gasteiger charge is -2.27. The van der Waals surface area contributed by atoms with E-state index in [0.29, 0.717) is 16.5 Å². The average molecular weight is 294 g/mol. The number of hydrogen-bond donors (Lipinski definition) is 1. The fraction of sp³-hybridized carbons (Fsp3) is 0.462. The smallest absolute Gasteiger partial charge is 0.183 e. The predicted octanol–water partition coefficient (Wildman–Crippen LogP) is 2.32. The van der Waals surface area contributed by atoms with E-state index in [0.717, 1.165) is 25.0 Å². The maximum Gasteiger partial charge on any atom is 0.183 e. The van der Waals surface area contributed by atoms with Crippen LogP contribution < -0.4 is 5.73 Å². The van der Waals surface area contributed by atoms with Crippen molar-refractivity contribution in [2.45, 2.75) is 31.9 Å². The summed E-state index contributed by atoms with van der Waals surface area (Å²) in [6.07, 6.45) is 2.01. The fourth-order valence-electron chi connectivity index (χ4n) is 2.53. The summed E-state index contributed by atoms with van der Waals surface area (Å²) < 4.78 is 7.41. The maximum absolute atomic E-state index is 6.25. The molecule has 1 saturated heterocycles. The molecule has 3 rings (SSSR count). The SMILES string of the molecule is CC1CC(n2nnnc2-c2ccc(N)cc2Cl)CCO1. The van der Waals surface area contributed by atoms with Crippen molar-refractivity contribution in [3.63, 3.8) is 0 Å². The number of tetrazole rings is 1. The third-order valence-electron chi connectivity index (χ3n) is 3.53. The summed E-state index contributed by atoms with van der Waals surface area (Å²) in [7, 11) is 0. The van der Waals surface area contributed by atoms with E-state index in [1.807, 2.05) is 10.7 Å². The van der Waals surface area contributed by atoms with Gasteiger partial charge in [0.05, 0.1) is 17.2 Å². The molecule has 2 N–H and O–H groups in total. The topological polar surface area (TPSA) is 78.9 Å². The van der Waals surface area contributed by atoms with Gasteiger partial charge in [-0.1, -0.05) is 11.6 Å². The Hall–Kier alpha value is -1.66. The zero-order chi connectivity index (χ0) is 14.1. The molecule has 2 heterocycles. The third-order valence-corrected chi connectivity index (χ3v) is 3.84. The van der Waals surface area contributed by atoms with Crippen molar-refractivity contribution in [1.82, 2.24) is 20.2 Å². The number of anilines is 1. The molecule has 0 amide bonds. The van der Waals surface area contributed by atoms with Crippen molar-refractivity contribution < 1.29 is 4.74 Å². The molecule has 106 valence electrons. The molecule has 0 radical (unpaired) electrons. The molecular weight excluding hydrogens is 278 g/mol. The van der Waals surface area contributed by atoms with Crippen LogP contribution in [0.4, 0.5) is 5.69 Å². The molecule has 0 spiro atoms. The first-order chi connectivity index (χ1) is 9.65. The van der Waals surface area contributed by atoms with E-state index < -0.39 is 0 Å². The lowest BCUT2D eigenvalue weighted by atomic mass is 10.0. The van der Waals surface area contributed by atoms with E-state index in [1.54, 1.807) is 12.1 Å². The number of rotatable bonds is 2. The minimum Gasteiger partial charge on any atom is -0.399 e. The van der Waals surface area contributed by atoms with Crippen LogP contribution in [0.3, 0.4) is 0 Å². The van der Waals surface area contributed by atoms with Crippen molar-refractivity contribution in [2.24, 2.45) is 0 Å². The molecule has 6 nitrogen and oxygen atoms in total. The quantitative estimate of drug-likeness (QED) is 0.860. The van der Waals surface area contributed by atoms with Crippen molar-refractivity contribution in [1.29, 1.82) is 0 Å². The summed E-state index contributed by atoms with van der Waals surface area (Å²) >= 11 is 6.25. The molecule has 0 saturated carbocycles. The number of hydrogen-bond acceptors (Lipinski definition) is 5. The van der Waals surface area contributed by atoms with Gasteiger partial charge in [-0.2, -0.15) is 0 Å². The Balaban J connectivity index is 1.97. The van der Waals surface area contributed by atoms with Gasteiger partial charge in [-0.3, -0.25) is 0 Å². The minimum absolute atomic E-state index is 0.215. The van der Waals surface area contributed by atoms with Crippen LogP contribution in [-0.4, -0.2) is 32.9 Å². The number of nitrogens with two attached hydrogens (primary N) is 1. The molecular formula is C13H16ClN5O. The maximum atomic E-state index is 6.25. The van der Waals surface area contributed by atoms with Gasteiger partial charge in [0.1, 0.15) is 0 Å². The fourth-order valence-corrected chi connectivity index (χ4v) is 2.80. The summed E-state index contributed by atoms with van der Waals surface area (Å²) in [6.45, 7) is 2.78. The average Bonchev–Trinajstić information content (AvgIpc) is 2.87. The second-order valence-corrected chi connectivity index (χ2v) is 5.45. The van der Waals surface area contributed by atoms with E-state index >= 15 is 0 Å². The first-order valence-corrected chi connectivity index (χ1v) is 6.98. The van der Waals surface area contributed by atoms with Gasteiger partial charge in [0.15, 0.2) is 5.82 Å².